The molecule has 0 rings (SSSR count). The molecule has 0 aromatic rings. The van der Waals surface area contributed by atoms with Gasteiger partial charge in [0.15, 0.2) is 5.78 Å². The van der Waals surface area contributed by atoms with Gasteiger partial charge in [-0.1, -0.05) is 150 Å². The molecular formula is C33H67NO2. The predicted octanol–water partition coefficient (Wildman–Crippen LogP) is 10.2. The maximum Gasteiger partial charge on any atom is 0.161 e. The van der Waals surface area contributed by atoms with E-state index in [2.05, 4.69) is 33.0 Å². The molecular weight excluding hydrogens is 442 g/mol. The van der Waals surface area contributed by atoms with Crippen LogP contribution in [0.4, 0.5) is 0 Å². The van der Waals surface area contributed by atoms with E-state index >= 15 is 0 Å². The van der Waals surface area contributed by atoms with E-state index in [-0.39, 0.29) is 5.92 Å². The van der Waals surface area contributed by atoms with E-state index in [0.29, 0.717) is 25.0 Å². The molecule has 3 nitrogen and oxygen atoms in total. The molecule has 216 valence electrons. The number of unbranched alkanes of at least 4 members (excludes halogenated alkanes) is 15. The summed E-state index contributed by atoms with van der Waals surface area (Å²) in [7, 11) is 0. The van der Waals surface area contributed by atoms with Gasteiger partial charge in [0.2, 0.25) is 0 Å². The van der Waals surface area contributed by atoms with Crippen molar-refractivity contribution in [2.45, 2.75) is 181 Å². The van der Waals surface area contributed by atoms with Crippen molar-refractivity contribution in [2.24, 2.45) is 5.92 Å². The number of nitrogens with one attached hydrogen (secondary N) is 1. The third-order valence-corrected chi connectivity index (χ3v) is 7.75. The zero-order valence-electron chi connectivity index (χ0n) is 25.4. The highest BCUT2D eigenvalue weighted by Gasteiger charge is 2.18. The van der Waals surface area contributed by atoms with Gasteiger partial charge < -0.3 is 10.1 Å². The van der Waals surface area contributed by atoms with Crippen molar-refractivity contribution in [2.75, 3.05) is 19.8 Å². The summed E-state index contributed by atoms with van der Waals surface area (Å²) in [5.74, 6) is 0.570. The first-order chi connectivity index (χ1) is 17.7. The number of ether oxygens (including phenoxy) is 1. The number of carbonyl (C=O) groups excluding carboxylic acids is 1. The van der Waals surface area contributed by atoms with Crippen LogP contribution in [-0.4, -0.2) is 31.6 Å². The Balaban J connectivity index is 4.30. The number of hydrogen-bond donors (Lipinski definition) is 1. The van der Waals surface area contributed by atoms with Gasteiger partial charge in [-0.3, -0.25) is 4.79 Å². The Labute approximate surface area is 227 Å². The van der Waals surface area contributed by atoms with E-state index in [0.717, 1.165) is 19.4 Å². The van der Waals surface area contributed by atoms with Crippen LogP contribution in [0.25, 0.3) is 0 Å². The second-order valence-corrected chi connectivity index (χ2v) is 11.3. The first kappa shape index (κ1) is 35.6. The van der Waals surface area contributed by atoms with E-state index in [1.54, 1.807) is 0 Å². The molecule has 0 aliphatic rings. The Hall–Kier alpha value is -0.410. The second-order valence-electron chi connectivity index (χ2n) is 11.3. The van der Waals surface area contributed by atoms with Gasteiger partial charge in [0.1, 0.15) is 6.61 Å². The van der Waals surface area contributed by atoms with E-state index in [9.17, 15) is 4.79 Å². The van der Waals surface area contributed by atoms with Crippen molar-refractivity contribution in [3.8, 4) is 0 Å². The average Bonchev–Trinajstić information content (AvgIpc) is 2.88. The Morgan fingerprint density at radius 2 is 0.944 bits per heavy atom. The van der Waals surface area contributed by atoms with Gasteiger partial charge >= 0.3 is 0 Å². The molecule has 1 unspecified atom stereocenters. The highest BCUT2D eigenvalue weighted by atomic mass is 16.5. The summed E-state index contributed by atoms with van der Waals surface area (Å²) in [6.07, 6.45) is 29.6. The molecule has 0 fully saturated rings. The zero-order valence-corrected chi connectivity index (χ0v) is 25.4. The highest BCUT2D eigenvalue weighted by molar-refractivity contribution is 5.82. The fraction of sp³-hybridized carbons (Fsp3) is 0.970. The molecule has 0 radical (unpaired) electrons. The standard InChI is InChI=1S/C33H67NO2/c1-5-9-13-17-21-25-31(24-20-16-12-8-4)33(35)30-36-29-28-34-32(26-22-18-14-10-6-2)27-23-19-15-11-7-3/h31-32,34H,5-30H2,1-4H3. The molecule has 0 spiro atoms. The molecule has 0 bridgehead atoms. The monoisotopic (exact) mass is 510 g/mol. The molecule has 0 aliphatic carbocycles. The second kappa shape index (κ2) is 29.2. The topological polar surface area (TPSA) is 38.3 Å². The van der Waals surface area contributed by atoms with Gasteiger partial charge in [0.05, 0.1) is 6.61 Å². The summed E-state index contributed by atoms with van der Waals surface area (Å²) in [4.78, 5) is 12.9. The van der Waals surface area contributed by atoms with Crippen LogP contribution in [0.3, 0.4) is 0 Å². The lowest BCUT2D eigenvalue weighted by atomic mass is 9.91. The number of ketones is 1. The van der Waals surface area contributed by atoms with Gasteiger partial charge in [-0.25, -0.2) is 0 Å². The maximum atomic E-state index is 12.9. The number of rotatable bonds is 30. The predicted molar refractivity (Wildman–Crippen MR) is 160 cm³/mol. The van der Waals surface area contributed by atoms with Crippen molar-refractivity contribution >= 4 is 5.78 Å². The van der Waals surface area contributed by atoms with E-state index in [1.165, 1.54) is 135 Å². The Morgan fingerprint density at radius 3 is 1.39 bits per heavy atom. The van der Waals surface area contributed by atoms with Crippen LogP contribution in [0.1, 0.15) is 175 Å². The smallest absolute Gasteiger partial charge is 0.161 e. The molecule has 0 aromatic carbocycles. The van der Waals surface area contributed by atoms with Gasteiger partial charge in [0.25, 0.3) is 0 Å². The largest absolute Gasteiger partial charge is 0.372 e. The van der Waals surface area contributed by atoms with E-state index in [1.807, 2.05) is 0 Å². The number of carbonyl (C=O) groups is 1. The van der Waals surface area contributed by atoms with Crippen LogP contribution >= 0.6 is 0 Å². The molecule has 0 aliphatic heterocycles. The van der Waals surface area contributed by atoms with Gasteiger partial charge in [-0.15, -0.1) is 0 Å². The van der Waals surface area contributed by atoms with Crippen LogP contribution in [-0.2, 0) is 9.53 Å². The molecule has 0 aromatic heterocycles. The Kier molecular flexibility index (Phi) is 28.8. The van der Waals surface area contributed by atoms with Gasteiger partial charge in [-0.2, -0.15) is 0 Å². The molecule has 3 heteroatoms. The quantitative estimate of drug-likeness (QED) is 0.0978. The first-order valence-corrected chi connectivity index (χ1v) is 16.5. The van der Waals surface area contributed by atoms with Crippen LogP contribution in [0, 0.1) is 5.92 Å². The summed E-state index contributed by atoms with van der Waals surface area (Å²) in [6.45, 7) is 10.9. The summed E-state index contributed by atoms with van der Waals surface area (Å²) in [5.41, 5.74) is 0. The van der Waals surface area contributed by atoms with E-state index in [4.69, 9.17) is 4.74 Å². The molecule has 36 heavy (non-hydrogen) atoms. The lowest BCUT2D eigenvalue weighted by Gasteiger charge is -2.19. The number of hydrogen-bond acceptors (Lipinski definition) is 3. The van der Waals surface area contributed by atoms with Crippen LogP contribution < -0.4 is 5.32 Å². The highest BCUT2D eigenvalue weighted by Crippen LogP contribution is 2.20. The number of Topliss-reactive ketones (excluding diaryl/α,β-unsaturated/α-hetero) is 1. The maximum absolute atomic E-state index is 12.9. The lowest BCUT2D eigenvalue weighted by Crippen LogP contribution is -2.32. The third kappa shape index (κ3) is 24.0. The summed E-state index contributed by atoms with van der Waals surface area (Å²) >= 11 is 0. The molecule has 0 saturated carbocycles. The summed E-state index contributed by atoms with van der Waals surface area (Å²) in [6, 6.07) is 0.613. The minimum atomic E-state index is 0.218. The molecule has 0 saturated heterocycles. The zero-order chi connectivity index (χ0) is 26.5. The van der Waals surface area contributed by atoms with Crippen LogP contribution in [0.5, 0.6) is 0 Å². The molecule has 1 atom stereocenters. The Morgan fingerprint density at radius 1 is 0.556 bits per heavy atom. The van der Waals surface area contributed by atoms with Crippen molar-refractivity contribution in [3.05, 3.63) is 0 Å². The average molecular weight is 510 g/mol. The fourth-order valence-corrected chi connectivity index (χ4v) is 5.24. The fourth-order valence-electron chi connectivity index (χ4n) is 5.24. The summed E-state index contributed by atoms with van der Waals surface area (Å²) < 4.78 is 5.90. The van der Waals surface area contributed by atoms with Crippen molar-refractivity contribution in [3.63, 3.8) is 0 Å². The minimum absolute atomic E-state index is 0.218. The van der Waals surface area contributed by atoms with Crippen molar-refractivity contribution < 1.29 is 9.53 Å². The SMILES string of the molecule is CCCCCCCC(CCCCCCC)NCCOCC(=O)C(CCCCCC)CCCCCCC. The third-order valence-electron chi connectivity index (χ3n) is 7.75. The minimum Gasteiger partial charge on any atom is -0.372 e. The van der Waals surface area contributed by atoms with E-state index < -0.39 is 0 Å². The van der Waals surface area contributed by atoms with Gasteiger partial charge in [0, 0.05) is 18.5 Å². The molecule has 1 N–H and O–H groups in total. The molecule has 0 heterocycles. The summed E-state index contributed by atoms with van der Waals surface area (Å²) in [5, 5.41) is 3.77. The van der Waals surface area contributed by atoms with Crippen molar-refractivity contribution in [1.82, 2.24) is 5.32 Å². The van der Waals surface area contributed by atoms with Crippen molar-refractivity contribution in [1.29, 1.82) is 0 Å². The van der Waals surface area contributed by atoms with Gasteiger partial charge in [-0.05, 0) is 25.7 Å². The van der Waals surface area contributed by atoms with Crippen LogP contribution in [0.2, 0.25) is 0 Å². The Bertz CT molecular complexity index is 425. The normalized spacial score (nSPS) is 12.5. The lowest BCUT2D eigenvalue weighted by molar-refractivity contribution is -0.128. The first-order valence-electron chi connectivity index (χ1n) is 16.5. The molecule has 0 amide bonds. The van der Waals surface area contributed by atoms with Crippen LogP contribution in [0.15, 0.2) is 0 Å².